The highest BCUT2D eigenvalue weighted by molar-refractivity contribution is 7.89. The van der Waals surface area contributed by atoms with Crippen molar-refractivity contribution < 1.29 is 17.9 Å². The number of ether oxygens (including phenoxy) is 1. The Balaban J connectivity index is 1.86. The highest BCUT2D eigenvalue weighted by Crippen LogP contribution is 2.23. The Bertz CT molecular complexity index is 688. The third-order valence-electron chi connectivity index (χ3n) is 3.91. The molecular weight excluding hydrogens is 316 g/mol. The van der Waals surface area contributed by atoms with Crippen molar-refractivity contribution in [3.8, 4) is 6.07 Å². The molecule has 1 aromatic rings. The van der Waals surface area contributed by atoms with E-state index in [1.807, 2.05) is 6.07 Å². The Morgan fingerprint density at radius 2 is 1.96 bits per heavy atom. The minimum Gasteiger partial charge on any atom is -0.464 e. The number of hydrogen-bond donors (Lipinski definition) is 1. The minimum absolute atomic E-state index is 0.0376. The lowest BCUT2D eigenvalue weighted by Crippen LogP contribution is -2.32. The van der Waals surface area contributed by atoms with E-state index in [1.54, 1.807) is 6.07 Å². The summed E-state index contributed by atoms with van der Waals surface area (Å²) >= 11 is 0. The Kier molecular flexibility index (Phi) is 6.13. The molecule has 0 amide bonds. The van der Waals surface area contributed by atoms with E-state index in [-0.39, 0.29) is 10.5 Å². The van der Waals surface area contributed by atoms with E-state index in [2.05, 4.69) is 4.72 Å². The summed E-state index contributed by atoms with van der Waals surface area (Å²) in [6, 6.07) is 7.67. The van der Waals surface area contributed by atoms with Gasteiger partial charge in [-0.3, -0.25) is 4.79 Å². The number of hydrogen-bond acceptors (Lipinski definition) is 5. The van der Waals surface area contributed by atoms with E-state index >= 15 is 0 Å². The summed E-state index contributed by atoms with van der Waals surface area (Å²) in [4.78, 5) is 11.6. The molecule has 0 atom stereocenters. The molecule has 0 heterocycles. The van der Waals surface area contributed by atoms with Crippen LogP contribution in [0, 0.1) is 17.2 Å². The SMILES string of the molecule is N#Cc1ccccc1S(=O)(=O)NCC(=O)OCC1CCCCC1. The first kappa shape index (κ1) is 17.4. The third kappa shape index (κ3) is 5.05. The van der Waals surface area contributed by atoms with Crippen molar-refractivity contribution in [3.05, 3.63) is 29.8 Å². The highest BCUT2D eigenvalue weighted by Gasteiger charge is 2.20. The fourth-order valence-electron chi connectivity index (χ4n) is 2.64. The maximum Gasteiger partial charge on any atom is 0.321 e. The lowest BCUT2D eigenvalue weighted by atomic mass is 9.90. The minimum atomic E-state index is -3.91. The molecule has 1 fully saturated rings. The van der Waals surface area contributed by atoms with Gasteiger partial charge < -0.3 is 4.74 Å². The van der Waals surface area contributed by atoms with Gasteiger partial charge in [0.2, 0.25) is 10.0 Å². The summed E-state index contributed by atoms with van der Waals surface area (Å²) in [5, 5.41) is 8.95. The van der Waals surface area contributed by atoms with Crippen molar-refractivity contribution >= 4 is 16.0 Å². The quantitative estimate of drug-likeness (QED) is 0.801. The van der Waals surface area contributed by atoms with E-state index in [4.69, 9.17) is 10.00 Å². The molecule has 0 radical (unpaired) electrons. The van der Waals surface area contributed by atoms with Crippen LogP contribution in [-0.4, -0.2) is 27.5 Å². The molecule has 1 aromatic carbocycles. The molecule has 0 bridgehead atoms. The molecule has 2 rings (SSSR count). The summed E-state index contributed by atoms with van der Waals surface area (Å²) in [7, 11) is -3.91. The molecule has 0 aromatic heterocycles. The lowest BCUT2D eigenvalue weighted by molar-refractivity contribution is -0.143. The van der Waals surface area contributed by atoms with Gasteiger partial charge >= 0.3 is 5.97 Å². The smallest absolute Gasteiger partial charge is 0.321 e. The highest BCUT2D eigenvalue weighted by atomic mass is 32.2. The number of sulfonamides is 1. The summed E-state index contributed by atoms with van der Waals surface area (Å²) < 4.78 is 31.6. The van der Waals surface area contributed by atoms with Crippen LogP contribution in [0.15, 0.2) is 29.2 Å². The summed E-state index contributed by atoms with van der Waals surface area (Å²) in [5.74, 6) is -0.225. The van der Waals surface area contributed by atoms with Gasteiger partial charge in [0.25, 0.3) is 0 Å². The molecule has 7 heteroatoms. The van der Waals surface area contributed by atoms with E-state index in [0.717, 1.165) is 25.7 Å². The number of nitrogens with one attached hydrogen (secondary N) is 1. The summed E-state index contributed by atoms with van der Waals surface area (Å²) in [5.41, 5.74) is 0.0376. The molecule has 6 nitrogen and oxygen atoms in total. The van der Waals surface area contributed by atoms with Gasteiger partial charge in [-0.1, -0.05) is 31.4 Å². The molecule has 1 saturated carbocycles. The summed E-state index contributed by atoms with van der Waals surface area (Å²) in [6.45, 7) is -0.0931. The number of carbonyl (C=O) groups excluding carboxylic acids is 1. The van der Waals surface area contributed by atoms with Gasteiger partial charge in [-0.2, -0.15) is 9.98 Å². The zero-order chi connectivity index (χ0) is 16.7. The van der Waals surface area contributed by atoms with Gasteiger partial charge in [-0.05, 0) is 30.9 Å². The normalized spacial score (nSPS) is 15.8. The first-order valence-electron chi connectivity index (χ1n) is 7.67. The molecule has 0 unspecified atom stereocenters. The molecule has 0 aliphatic heterocycles. The van der Waals surface area contributed by atoms with Crippen molar-refractivity contribution in [3.63, 3.8) is 0 Å². The molecule has 1 aliphatic rings. The third-order valence-corrected chi connectivity index (χ3v) is 5.37. The average molecular weight is 336 g/mol. The van der Waals surface area contributed by atoms with Crippen LogP contribution in [0.5, 0.6) is 0 Å². The second-order valence-electron chi connectivity index (χ2n) is 5.62. The van der Waals surface area contributed by atoms with Crippen LogP contribution >= 0.6 is 0 Å². The van der Waals surface area contributed by atoms with Gasteiger partial charge in [0, 0.05) is 0 Å². The van der Waals surface area contributed by atoms with Crippen LogP contribution in [-0.2, 0) is 19.6 Å². The average Bonchev–Trinajstić information content (AvgIpc) is 2.59. The second-order valence-corrected chi connectivity index (χ2v) is 7.35. The van der Waals surface area contributed by atoms with E-state index in [1.165, 1.54) is 24.6 Å². The topological polar surface area (TPSA) is 96.3 Å². The van der Waals surface area contributed by atoms with Gasteiger partial charge in [0.05, 0.1) is 17.1 Å². The first-order valence-corrected chi connectivity index (χ1v) is 9.15. The van der Waals surface area contributed by atoms with E-state index in [0.29, 0.717) is 12.5 Å². The van der Waals surface area contributed by atoms with Crippen LogP contribution in [0.1, 0.15) is 37.7 Å². The molecule has 124 valence electrons. The first-order chi connectivity index (χ1) is 11.0. The monoisotopic (exact) mass is 336 g/mol. The largest absolute Gasteiger partial charge is 0.464 e. The summed E-state index contributed by atoms with van der Waals surface area (Å²) in [6.07, 6.45) is 5.63. The van der Waals surface area contributed by atoms with E-state index in [9.17, 15) is 13.2 Å². The Hall–Kier alpha value is -1.91. The van der Waals surface area contributed by atoms with Gasteiger partial charge in [-0.15, -0.1) is 0 Å². The van der Waals surface area contributed by atoms with Crippen LogP contribution < -0.4 is 4.72 Å². The standard InChI is InChI=1S/C16H20N2O4S/c17-10-14-8-4-5-9-15(14)23(20,21)18-11-16(19)22-12-13-6-2-1-3-7-13/h4-5,8-9,13,18H,1-3,6-7,11-12H2. The van der Waals surface area contributed by atoms with Crippen molar-refractivity contribution in [1.29, 1.82) is 5.26 Å². The molecule has 0 spiro atoms. The molecule has 1 aliphatic carbocycles. The van der Waals surface area contributed by atoms with Crippen molar-refractivity contribution in [2.24, 2.45) is 5.92 Å². The number of carbonyl (C=O) groups is 1. The number of rotatable bonds is 6. The Morgan fingerprint density at radius 3 is 2.65 bits per heavy atom. The zero-order valence-corrected chi connectivity index (χ0v) is 13.6. The van der Waals surface area contributed by atoms with Crippen LogP contribution in [0.4, 0.5) is 0 Å². The van der Waals surface area contributed by atoms with Crippen LogP contribution in [0.25, 0.3) is 0 Å². The molecular formula is C16H20N2O4S. The fraction of sp³-hybridized carbons (Fsp3) is 0.500. The predicted molar refractivity (Wildman–Crippen MR) is 83.9 cm³/mol. The lowest BCUT2D eigenvalue weighted by Gasteiger charge is -2.21. The maximum absolute atomic E-state index is 12.2. The van der Waals surface area contributed by atoms with Gasteiger partial charge in [0.1, 0.15) is 12.6 Å². The number of nitrogens with zero attached hydrogens (tertiary/aromatic N) is 1. The van der Waals surface area contributed by atoms with Crippen molar-refractivity contribution in [2.75, 3.05) is 13.2 Å². The predicted octanol–water partition coefficient (Wildman–Crippen LogP) is 1.96. The fourth-order valence-corrected chi connectivity index (χ4v) is 3.76. The van der Waals surface area contributed by atoms with E-state index < -0.39 is 22.5 Å². The van der Waals surface area contributed by atoms with Crippen molar-refractivity contribution in [1.82, 2.24) is 4.72 Å². The number of esters is 1. The number of nitriles is 1. The molecule has 1 N–H and O–H groups in total. The second kappa shape index (κ2) is 8.09. The zero-order valence-electron chi connectivity index (χ0n) is 12.8. The number of benzene rings is 1. The van der Waals surface area contributed by atoms with Gasteiger partial charge in [0.15, 0.2) is 0 Å². The Morgan fingerprint density at radius 1 is 1.26 bits per heavy atom. The van der Waals surface area contributed by atoms with Crippen molar-refractivity contribution in [2.45, 2.75) is 37.0 Å². The van der Waals surface area contributed by atoms with Crippen LogP contribution in [0.2, 0.25) is 0 Å². The molecule has 23 heavy (non-hydrogen) atoms. The maximum atomic E-state index is 12.2. The van der Waals surface area contributed by atoms with Crippen LogP contribution in [0.3, 0.4) is 0 Å². The van der Waals surface area contributed by atoms with Gasteiger partial charge in [-0.25, -0.2) is 8.42 Å². The molecule has 0 saturated heterocycles. The Labute approximate surface area is 136 Å².